The summed E-state index contributed by atoms with van der Waals surface area (Å²) in [5, 5.41) is 10.4. The molecule has 0 aromatic carbocycles. The first kappa shape index (κ1) is 18.8. The zero-order valence-electron chi connectivity index (χ0n) is 11.9. The summed E-state index contributed by atoms with van der Waals surface area (Å²) in [5.74, 6) is -6.40. The van der Waals surface area contributed by atoms with Crippen LogP contribution in [0, 0.1) is 0 Å². The largest absolute Gasteiger partial charge is 0.598 e. The lowest BCUT2D eigenvalue weighted by atomic mass is 9.93. The van der Waals surface area contributed by atoms with E-state index in [1.165, 1.54) is 6.07 Å². The number of hydrogen-bond donors (Lipinski definition) is 2. The lowest BCUT2D eigenvalue weighted by Crippen LogP contribution is -2.61. The van der Waals surface area contributed by atoms with Crippen LogP contribution in [-0.4, -0.2) is 26.3 Å². The SMILES string of the molecule is CC(C)(C)[S@@+]([O-])NC(C)(c1cc(Br)cs1)C(F)(F)C(=O)O. The van der Waals surface area contributed by atoms with Gasteiger partial charge in [0.15, 0.2) is 5.54 Å². The summed E-state index contributed by atoms with van der Waals surface area (Å²) < 4.78 is 42.7. The van der Waals surface area contributed by atoms with E-state index in [1.54, 1.807) is 26.2 Å². The molecule has 2 N–H and O–H groups in total. The summed E-state index contributed by atoms with van der Waals surface area (Å²) in [6.07, 6.45) is 0. The van der Waals surface area contributed by atoms with Crippen LogP contribution < -0.4 is 4.72 Å². The van der Waals surface area contributed by atoms with Gasteiger partial charge in [-0.1, -0.05) is 0 Å². The minimum absolute atomic E-state index is 0.0828. The van der Waals surface area contributed by atoms with Gasteiger partial charge in [0.2, 0.25) is 0 Å². The van der Waals surface area contributed by atoms with Crippen molar-refractivity contribution in [2.24, 2.45) is 0 Å². The van der Waals surface area contributed by atoms with E-state index < -0.39 is 33.5 Å². The van der Waals surface area contributed by atoms with E-state index in [0.717, 1.165) is 18.3 Å². The first-order valence-electron chi connectivity index (χ1n) is 5.88. The fourth-order valence-corrected chi connectivity index (χ4v) is 3.95. The third-order valence-corrected chi connectivity index (χ3v) is 6.43. The van der Waals surface area contributed by atoms with Crippen molar-refractivity contribution < 1.29 is 23.2 Å². The van der Waals surface area contributed by atoms with Crippen LogP contribution in [0.1, 0.15) is 32.6 Å². The molecular weight excluding hydrogens is 388 g/mol. The lowest BCUT2D eigenvalue weighted by molar-refractivity contribution is -0.176. The average Bonchev–Trinajstić information content (AvgIpc) is 2.74. The number of aliphatic carboxylic acids is 1. The van der Waals surface area contributed by atoms with Crippen LogP contribution in [0.15, 0.2) is 15.9 Å². The molecule has 1 rings (SSSR count). The number of rotatable bonds is 5. The Morgan fingerprint density at radius 3 is 2.29 bits per heavy atom. The van der Waals surface area contributed by atoms with E-state index in [4.69, 9.17) is 5.11 Å². The van der Waals surface area contributed by atoms with E-state index in [2.05, 4.69) is 20.7 Å². The summed E-state index contributed by atoms with van der Waals surface area (Å²) in [7, 11) is 0. The quantitative estimate of drug-likeness (QED) is 0.737. The first-order valence-corrected chi connectivity index (χ1v) is 8.70. The normalized spacial score (nSPS) is 17.3. The Morgan fingerprint density at radius 2 is 1.95 bits per heavy atom. The Morgan fingerprint density at radius 1 is 1.43 bits per heavy atom. The Hall–Kier alpha value is -0.220. The van der Waals surface area contributed by atoms with Crippen molar-refractivity contribution in [2.45, 2.75) is 43.9 Å². The highest BCUT2D eigenvalue weighted by atomic mass is 79.9. The third kappa shape index (κ3) is 3.76. The Kier molecular flexibility index (Phi) is 5.48. The predicted octanol–water partition coefficient (Wildman–Crippen LogP) is 3.50. The van der Waals surface area contributed by atoms with Crippen LogP contribution in [0.5, 0.6) is 0 Å². The molecule has 9 heteroatoms. The van der Waals surface area contributed by atoms with Crippen molar-refractivity contribution in [3.05, 3.63) is 20.8 Å². The number of nitrogens with one attached hydrogen (secondary N) is 1. The van der Waals surface area contributed by atoms with Gasteiger partial charge in [0.05, 0.1) is 0 Å². The maximum absolute atomic E-state index is 14.2. The zero-order valence-corrected chi connectivity index (χ0v) is 15.1. The van der Waals surface area contributed by atoms with Gasteiger partial charge in [-0.15, -0.1) is 16.1 Å². The van der Waals surface area contributed by atoms with Gasteiger partial charge in [-0.2, -0.15) is 8.78 Å². The first-order chi connectivity index (χ1) is 9.32. The molecule has 1 aromatic rings. The van der Waals surface area contributed by atoms with Gasteiger partial charge in [0, 0.05) is 26.1 Å². The van der Waals surface area contributed by atoms with Crippen molar-refractivity contribution in [1.82, 2.24) is 4.72 Å². The van der Waals surface area contributed by atoms with E-state index in [-0.39, 0.29) is 4.88 Å². The van der Waals surface area contributed by atoms with Crippen LogP contribution in [0.2, 0.25) is 0 Å². The highest BCUT2D eigenvalue weighted by molar-refractivity contribution is 9.10. The third-order valence-electron chi connectivity index (χ3n) is 2.81. The minimum atomic E-state index is -4.13. The van der Waals surface area contributed by atoms with Crippen LogP contribution >= 0.6 is 27.3 Å². The summed E-state index contributed by atoms with van der Waals surface area (Å²) in [5.41, 5.74) is -2.28. The summed E-state index contributed by atoms with van der Waals surface area (Å²) in [6.45, 7) is 5.88. The summed E-state index contributed by atoms with van der Waals surface area (Å²) in [4.78, 5) is 11.1. The molecule has 0 spiro atoms. The predicted molar refractivity (Wildman–Crippen MR) is 83.0 cm³/mol. The van der Waals surface area contributed by atoms with Gasteiger partial charge in [0.1, 0.15) is 4.75 Å². The monoisotopic (exact) mass is 403 g/mol. The number of alkyl halides is 2. The molecule has 0 aliphatic heterocycles. The molecule has 0 amide bonds. The molecule has 0 fully saturated rings. The molecule has 1 unspecified atom stereocenters. The van der Waals surface area contributed by atoms with Gasteiger partial charge < -0.3 is 9.66 Å². The maximum atomic E-state index is 14.2. The number of hydrogen-bond acceptors (Lipinski definition) is 4. The maximum Gasteiger partial charge on any atom is 0.377 e. The molecule has 21 heavy (non-hydrogen) atoms. The van der Waals surface area contributed by atoms with Crippen LogP contribution in [0.3, 0.4) is 0 Å². The number of thiophene rings is 1. The Labute approximate surface area is 137 Å². The fraction of sp³-hybridized carbons (Fsp3) is 0.583. The molecule has 1 aromatic heterocycles. The molecule has 0 aliphatic rings. The molecule has 0 saturated heterocycles. The number of carboxylic acids is 1. The van der Waals surface area contributed by atoms with Gasteiger partial charge in [-0.05, 0) is 49.7 Å². The molecule has 120 valence electrons. The van der Waals surface area contributed by atoms with E-state index in [9.17, 15) is 18.1 Å². The van der Waals surface area contributed by atoms with Crippen molar-refractivity contribution in [2.75, 3.05) is 0 Å². The number of carboxylic acid groups (broad SMARTS) is 1. The summed E-state index contributed by atoms with van der Waals surface area (Å²) in [6, 6.07) is 1.40. The molecule has 0 aliphatic carbocycles. The minimum Gasteiger partial charge on any atom is -0.598 e. The van der Waals surface area contributed by atoms with Crippen molar-refractivity contribution in [3.8, 4) is 0 Å². The molecule has 0 bridgehead atoms. The van der Waals surface area contributed by atoms with Gasteiger partial charge in [-0.3, -0.25) is 0 Å². The molecule has 0 radical (unpaired) electrons. The Bertz CT molecular complexity index is 533. The highest BCUT2D eigenvalue weighted by Gasteiger charge is 2.61. The zero-order chi connectivity index (χ0) is 16.6. The number of carbonyl (C=O) groups is 1. The van der Waals surface area contributed by atoms with Crippen LogP contribution in [-0.2, 0) is 21.7 Å². The molecule has 4 nitrogen and oxygen atoms in total. The molecular formula is C12H16BrF2NO3S2. The smallest absolute Gasteiger partial charge is 0.377 e. The van der Waals surface area contributed by atoms with Crippen molar-refractivity contribution in [1.29, 1.82) is 0 Å². The second-order valence-corrected chi connectivity index (χ2v) is 9.41. The fourth-order valence-electron chi connectivity index (χ4n) is 1.40. The molecule has 0 saturated carbocycles. The van der Waals surface area contributed by atoms with Crippen molar-refractivity contribution in [3.63, 3.8) is 0 Å². The lowest BCUT2D eigenvalue weighted by Gasteiger charge is -2.37. The molecule has 1 heterocycles. The topological polar surface area (TPSA) is 72.4 Å². The van der Waals surface area contributed by atoms with Crippen LogP contribution in [0.4, 0.5) is 8.78 Å². The van der Waals surface area contributed by atoms with Gasteiger partial charge in [0.25, 0.3) is 0 Å². The van der Waals surface area contributed by atoms with E-state index in [1.807, 2.05) is 0 Å². The second-order valence-electron chi connectivity index (χ2n) is 5.62. The van der Waals surface area contributed by atoms with Crippen molar-refractivity contribution >= 4 is 44.6 Å². The Balaban J connectivity index is 3.34. The summed E-state index contributed by atoms with van der Waals surface area (Å²) >= 11 is 2.25. The standard InChI is InChI=1S/C12H16BrF2NO3S2/c1-10(2,3)21(19)16-11(4,12(14,15)9(17)18)8-5-7(13)6-20-8/h5-6,16H,1-4H3,(H,17,18)/t11?,21-/m1/s1. The van der Waals surface area contributed by atoms with Gasteiger partial charge in [-0.25, -0.2) is 4.79 Å². The number of halogens is 3. The van der Waals surface area contributed by atoms with Gasteiger partial charge >= 0.3 is 11.9 Å². The van der Waals surface area contributed by atoms with E-state index in [0.29, 0.717) is 4.47 Å². The highest BCUT2D eigenvalue weighted by Crippen LogP contribution is 2.42. The van der Waals surface area contributed by atoms with Crippen LogP contribution in [0.25, 0.3) is 0 Å². The average molecular weight is 404 g/mol. The second kappa shape index (κ2) is 6.11. The molecule has 2 atom stereocenters. The van der Waals surface area contributed by atoms with E-state index >= 15 is 0 Å².